The Morgan fingerprint density at radius 3 is 2.54 bits per heavy atom. The maximum absolute atomic E-state index is 10.8. The monoisotopic (exact) mass is 195 g/mol. The van der Waals surface area contributed by atoms with Gasteiger partial charge in [-0.15, -0.1) is 0 Å². The Hall–Kier alpha value is -1.26. The molecular weight excluding hydrogens is 186 g/mol. The molecule has 0 fully saturated rings. The number of carbonyl (C=O) groups is 1. The van der Waals surface area contributed by atoms with Crippen LogP contribution in [-0.2, 0) is 4.79 Å². The van der Waals surface area contributed by atoms with Gasteiger partial charge in [-0.2, -0.15) is 0 Å². The van der Waals surface area contributed by atoms with E-state index in [-0.39, 0.29) is 0 Å². The van der Waals surface area contributed by atoms with Crippen LogP contribution < -0.4 is 9.88 Å². The van der Waals surface area contributed by atoms with Crippen LogP contribution in [0.25, 0.3) is 0 Å². The van der Waals surface area contributed by atoms with E-state index in [2.05, 4.69) is 6.58 Å². The summed E-state index contributed by atoms with van der Waals surface area (Å²) in [6, 6.07) is 6.90. The van der Waals surface area contributed by atoms with Gasteiger partial charge in [-0.25, -0.2) is 4.79 Å². The van der Waals surface area contributed by atoms with Crippen molar-refractivity contribution in [2.24, 2.45) is 5.14 Å². The van der Waals surface area contributed by atoms with Gasteiger partial charge in [0.15, 0.2) is 0 Å². The third kappa shape index (κ3) is 2.93. The Morgan fingerprint density at radius 1 is 1.46 bits per heavy atom. The molecule has 0 unspecified atom stereocenters. The van der Waals surface area contributed by atoms with E-state index in [1.165, 1.54) is 0 Å². The molecule has 0 spiro atoms. The average molecular weight is 195 g/mol. The first kappa shape index (κ1) is 9.83. The van der Waals surface area contributed by atoms with Gasteiger partial charge in [0.2, 0.25) is 0 Å². The second-order valence-corrected chi connectivity index (χ2v) is 2.92. The zero-order valence-electron chi connectivity index (χ0n) is 6.90. The molecule has 0 aliphatic heterocycles. The Labute approximate surface area is 80.7 Å². The normalized spacial score (nSPS) is 9.31. The van der Waals surface area contributed by atoms with Gasteiger partial charge in [0, 0.05) is 11.0 Å². The Bertz CT molecular complexity index is 308. The summed E-state index contributed by atoms with van der Waals surface area (Å²) in [4.78, 5) is 11.7. The van der Waals surface area contributed by atoms with Crippen LogP contribution in [0.1, 0.15) is 0 Å². The van der Waals surface area contributed by atoms with E-state index < -0.39 is 5.97 Å². The summed E-state index contributed by atoms with van der Waals surface area (Å²) < 4.78 is 4.86. The molecule has 1 aromatic rings. The average Bonchev–Trinajstić information content (AvgIpc) is 2.19. The Morgan fingerprint density at radius 2 is 2.08 bits per heavy atom. The molecule has 1 aromatic carbocycles. The minimum absolute atomic E-state index is 0.465. The number of rotatable bonds is 3. The van der Waals surface area contributed by atoms with Crippen molar-refractivity contribution in [3.05, 3.63) is 36.9 Å². The van der Waals surface area contributed by atoms with Gasteiger partial charge < -0.3 is 4.74 Å². The maximum Gasteiger partial charge on any atom is 0.335 e. The molecule has 0 heterocycles. The van der Waals surface area contributed by atoms with Crippen molar-refractivity contribution in [3.8, 4) is 5.75 Å². The molecule has 68 valence electrons. The summed E-state index contributed by atoms with van der Waals surface area (Å²) in [5, 5.41) is 5.32. The first-order valence-electron chi connectivity index (χ1n) is 3.57. The molecular formula is C9H9NO2S. The smallest absolute Gasteiger partial charge is 0.335 e. The molecule has 0 aliphatic rings. The highest BCUT2D eigenvalue weighted by Gasteiger charge is 1.98. The van der Waals surface area contributed by atoms with Crippen LogP contribution in [0.3, 0.4) is 0 Å². The van der Waals surface area contributed by atoms with Gasteiger partial charge in [-0.1, -0.05) is 6.58 Å². The van der Waals surface area contributed by atoms with Gasteiger partial charge in [-0.05, 0) is 36.2 Å². The van der Waals surface area contributed by atoms with Crippen LogP contribution in [0.2, 0.25) is 0 Å². The number of nitrogens with two attached hydrogens (primary N) is 1. The lowest BCUT2D eigenvalue weighted by Gasteiger charge is -2.01. The summed E-state index contributed by atoms with van der Waals surface area (Å²) in [6.07, 6.45) is 1.12. The van der Waals surface area contributed by atoms with Crippen molar-refractivity contribution in [1.29, 1.82) is 0 Å². The predicted octanol–water partition coefficient (Wildman–Crippen LogP) is 1.74. The molecule has 0 aliphatic carbocycles. The minimum Gasteiger partial charge on any atom is -0.423 e. The summed E-state index contributed by atoms with van der Waals surface area (Å²) in [5.74, 6) is 0.0239. The largest absolute Gasteiger partial charge is 0.423 e. The fraction of sp³-hybridized carbons (Fsp3) is 0. The third-order valence-corrected chi connectivity index (χ3v) is 1.89. The first-order chi connectivity index (χ1) is 6.26. The van der Waals surface area contributed by atoms with E-state index in [1.54, 1.807) is 24.3 Å². The minimum atomic E-state index is -0.465. The Kier molecular flexibility index (Phi) is 3.54. The van der Waals surface area contributed by atoms with Crippen LogP contribution in [0.4, 0.5) is 0 Å². The number of esters is 1. The van der Waals surface area contributed by atoms with E-state index in [0.717, 1.165) is 22.9 Å². The molecule has 0 saturated heterocycles. The zero-order valence-corrected chi connectivity index (χ0v) is 7.71. The van der Waals surface area contributed by atoms with Crippen molar-refractivity contribution in [1.82, 2.24) is 0 Å². The lowest BCUT2D eigenvalue weighted by Crippen LogP contribution is -2.02. The Balaban J connectivity index is 2.69. The molecule has 0 saturated carbocycles. The topological polar surface area (TPSA) is 52.3 Å². The number of carbonyl (C=O) groups excluding carboxylic acids is 1. The van der Waals surface area contributed by atoms with Gasteiger partial charge in [0.25, 0.3) is 0 Å². The van der Waals surface area contributed by atoms with Crippen molar-refractivity contribution < 1.29 is 9.53 Å². The predicted molar refractivity (Wildman–Crippen MR) is 52.3 cm³/mol. The SMILES string of the molecule is C=CC(=O)Oc1ccc(SN)cc1. The van der Waals surface area contributed by atoms with E-state index in [4.69, 9.17) is 9.88 Å². The van der Waals surface area contributed by atoms with E-state index in [0.29, 0.717) is 5.75 Å². The van der Waals surface area contributed by atoms with Crippen molar-refractivity contribution in [2.45, 2.75) is 4.90 Å². The number of hydrogen-bond donors (Lipinski definition) is 1. The lowest BCUT2D eigenvalue weighted by atomic mass is 10.3. The summed E-state index contributed by atoms with van der Waals surface area (Å²) >= 11 is 1.14. The standard InChI is InChI=1S/C9H9NO2S/c1-2-9(11)12-7-3-5-8(13-10)6-4-7/h2-6H,1,10H2. The third-order valence-electron chi connectivity index (χ3n) is 1.34. The van der Waals surface area contributed by atoms with Gasteiger partial charge in [0.05, 0.1) is 0 Å². The summed E-state index contributed by atoms with van der Waals surface area (Å²) in [7, 11) is 0. The van der Waals surface area contributed by atoms with Gasteiger partial charge >= 0.3 is 5.97 Å². The molecule has 2 N–H and O–H groups in total. The zero-order chi connectivity index (χ0) is 9.68. The van der Waals surface area contributed by atoms with Crippen molar-refractivity contribution >= 4 is 17.9 Å². The van der Waals surface area contributed by atoms with E-state index in [1.807, 2.05) is 0 Å². The fourth-order valence-corrected chi connectivity index (χ4v) is 1.04. The van der Waals surface area contributed by atoms with Crippen LogP contribution in [-0.4, -0.2) is 5.97 Å². The molecule has 3 nitrogen and oxygen atoms in total. The number of hydrogen-bond acceptors (Lipinski definition) is 4. The molecule has 1 rings (SSSR count). The molecule has 0 amide bonds. The quantitative estimate of drug-likeness (QED) is 0.345. The van der Waals surface area contributed by atoms with Gasteiger partial charge in [0.1, 0.15) is 5.75 Å². The lowest BCUT2D eigenvalue weighted by molar-refractivity contribution is -0.128. The highest BCUT2D eigenvalue weighted by molar-refractivity contribution is 7.97. The van der Waals surface area contributed by atoms with Crippen LogP contribution in [0.15, 0.2) is 41.8 Å². The summed E-state index contributed by atoms with van der Waals surface area (Å²) in [5.41, 5.74) is 0. The van der Waals surface area contributed by atoms with Gasteiger partial charge in [-0.3, -0.25) is 5.14 Å². The number of benzene rings is 1. The van der Waals surface area contributed by atoms with E-state index in [9.17, 15) is 4.79 Å². The van der Waals surface area contributed by atoms with Crippen LogP contribution in [0, 0.1) is 0 Å². The first-order valence-corrected chi connectivity index (χ1v) is 4.45. The van der Waals surface area contributed by atoms with E-state index >= 15 is 0 Å². The number of ether oxygens (including phenoxy) is 1. The second-order valence-electron chi connectivity index (χ2n) is 2.21. The van der Waals surface area contributed by atoms with Crippen molar-refractivity contribution in [3.63, 3.8) is 0 Å². The molecule has 4 heteroatoms. The summed E-state index contributed by atoms with van der Waals surface area (Å²) in [6.45, 7) is 3.29. The molecule has 13 heavy (non-hydrogen) atoms. The van der Waals surface area contributed by atoms with Crippen LogP contribution >= 0.6 is 11.9 Å². The highest BCUT2D eigenvalue weighted by Crippen LogP contribution is 2.17. The maximum atomic E-state index is 10.8. The molecule has 0 radical (unpaired) electrons. The molecule has 0 aromatic heterocycles. The second kappa shape index (κ2) is 4.69. The highest BCUT2D eigenvalue weighted by atomic mass is 32.2. The molecule has 0 atom stereocenters. The van der Waals surface area contributed by atoms with Crippen molar-refractivity contribution in [2.75, 3.05) is 0 Å². The van der Waals surface area contributed by atoms with Crippen LogP contribution in [0.5, 0.6) is 5.75 Å². The fourth-order valence-electron chi connectivity index (χ4n) is 0.744. The molecule has 0 bridgehead atoms.